The van der Waals surface area contributed by atoms with E-state index in [1.807, 2.05) is 0 Å². The highest BCUT2D eigenvalue weighted by Crippen LogP contribution is 2.28. The lowest BCUT2D eigenvalue weighted by atomic mass is 10.2. The summed E-state index contributed by atoms with van der Waals surface area (Å²) in [6.07, 6.45) is 0. The van der Waals surface area contributed by atoms with Crippen molar-refractivity contribution in [3.05, 3.63) is 87.4 Å². The largest absolute Gasteiger partial charge is 0.495 e. The number of hydrogen-bond donors (Lipinski definition) is 1. The molecule has 0 aliphatic carbocycles. The number of rotatable bonds is 7. The first-order valence-corrected chi connectivity index (χ1v) is 10.4. The van der Waals surface area contributed by atoms with E-state index in [-0.39, 0.29) is 21.9 Å². The Kier molecular flexibility index (Phi) is 6.42. The normalized spacial score (nSPS) is 10.9. The molecule has 3 aromatic carbocycles. The van der Waals surface area contributed by atoms with Gasteiger partial charge in [0.1, 0.15) is 16.4 Å². The number of methoxy groups -OCH3 is 1. The van der Waals surface area contributed by atoms with Crippen LogP contribution in [0.25, 0.3) is 0 Å². The molecular weight excluding hydrogens is 448 g/mol. The third-order valence-electron chi connectivity index (χ3n) is 4.05. The van der Waals surface area contributed by atoms with Crippen LogP contribution in [0.2, 0.25) is 5.02 Å². The molecule has 3 aromatic rings. The maximum Gasteiger partial charge on any atom is 0.339 e. The lowest BCUT2D eigenvalue weighted by molar-refractivity contribution is -0.385. The minimum atomic E-state index is -4.29. The van der Waals surface area contributed by atoms with Gasteiger partial charge < -0.3 is 14.2 Å². The number of hydrogen-bond acceptors (Lipinski definition) is 7. The topological polar surface area (TPSA) is 125 Å². The van der Waals surface area contributed by atoms with E-state index in [0.717, 1.165) is 6.07 Å². The summed E-state index contributed by atoms with van der Waals surface area (Å²) in [6, 6.07) is 14.6. The summed E-state index contributed by atoms with van der Waals surface area (Å²) in [7, 11) is -2.82. The van der Waals surface area contributed by atoms with E-state index < -0.39 is 20.9 Å². The molecule has 0 radical (unpaired) electrons. The smallest absolute Gasteiger partial charge is 0.339 e. The molecular formula is C20H15ClN2O7S. The molecule has 0 fully saturated rings. The lowest BCUT2D eigenvalue weighted by Crippen LogP contribution is -2.12. The van der Waals surface area contributed by atoms with Gasteiger partial charge >= 0.3 is 10.1 Å². The monoisotopic (exact) mass is 462 g/mol. The standard InChI is InChI=1S/C20H15ClN2O7S/c1-29-19-10-7-14(11-18(19)21)22-20(24)13-5-8-16(9-6-13)30-31(27,28)17-4-2-3-15(12-17)23(25)26/h2-12H,1H3,(H,22,24). The van der Waals surface area contributed by atoms with Crippen molar-refractivity contribution in [2.24, 2.45) is 0 Å². The van der Waals surface area contributed by atoms with Gasteiger partial charge in [-0.1, -0.05) is 17.7 Å². The molecule has 0 aliphatic heterocycles. The van der Waals surface area contributed by atoms with Crippen molar-refractivity contribution >= 4 is 39.0 Å². The van der Waals surface area contributed by atoms with E-state index in [4.69, 9.17) is 20.5 Å². The molecule has 0 heterocycles. The van der Waals surface area contributed by atoms with E-state index >= 15 is 0 Å². The molecule has 0 aliphatic rings. The number of nitrogens with zero attached hydrogens (tertiary/aromatic N) is 1. The van der Waals surface area contributed by atoms with Gasteiger partial charge in [0.15, 0.2) is 0 Å². The zero-order valence-electron chi connectivity index (χ0n) is 15.9. The number of amides is 1. The molecule has 3 rings (SSSR count). The molecule has 0 spiro atoms. The first kappa shape index (κ1) is 22.1. The fourth-order valence-electron chi connectivity index (χ4n) is 2.54. The molecule has 9 nitrogen and oxygen atoms in total. The first-order chi connectivity index (χ1) is 14.7. The van der Waals surface area contributed by atoms with E-state index in [9.17, 15) is 23.3 Å². The molecule has 0 saturated heterocycles. The van der Waals surface area contributed by atoms with Crippen molar-refractivity contribution in [1.82, 2.24) is 0 Å². The summed E-state index contributed by atoms with van der Waals surface area (Å²) < 4.78 is 34.8. The second-order valence-electron chi connectivity index (χ2n) is 6.12. The van der Waals surface area contributed by atoms with Crippen LogP contribution in [-0.2, 0) is 10.1 Å². The van der Waals surface area contributed by atoms with E-state index in [1.54, 1.807) is 12.1 Å². The molecule has 1 amide bonds. The highest BCUT2D eigenvalue weighted by atomic mass is 35.5. The van der Waals surface area contributed by atoms with E-state index in [2.05, 4.69) is 5.32 Å². The van der Waals surface area contributed by atoms with Crippen LogP contribution in [0.1, 0.15) is 10.4 Å². The summed E-state index contributed by atoms with van der Waals surface area (Å²) in [4.78, 5) is 22.2. The van der Waals surface area contributed by atoms with Gasteiger partial charge in [0, 0.05) is 23.4 Å². The number of ether oxygens (including phenoxy) is 1. The Labute approximate surface area is 182 Å². The molecule has 0 aromatic heterocycles. The summed E-state index contributed by atoms with van der Waals surface area (Å²) >= 11 is 6.03. The Morgan fingerprint density at radius 1 is 1.06 bits per heavy atom. The SMILES string of the molecule is COc1ccc(NC(=O)c2ccc(OS(=O)(=O)c3cccc([N+](=O)[O-])c3)cc2)cc1Cl. The number of carbonyl (C=O) groups is 1. The molecule has 160 valence electrons. The molecule has 0 unspecified atom stereocenters. The first-order valence-electron chi connectivity index (χ1n) is 8.63. The maximum absolute atomic E-state index is 12.4. The number of nitro benzene ring substituents is 1. The van der Waals surface area contributed by atoms with Crippen molar-refractivity contribution in [1.29, 1.82) is 0 Å². The number of nitrogens with one attached hydrogen (secondary N) is 1. The Morgan fingerprint density at radius 3 is 2.39 bits per heavy atom. The minimum Gasteiger partial charge on any atom is -0.495 e. The molecule has 0 saturated carbocycles. The average Bonchev–Trinajstić information content (AvgIpc) is 2.74. The zero-order valence-corrected chi connectivity index (χ0v) is 17.5. The Morgan fingerprint density at radius 2 is 1.77 bits per heavy atom. The van der Waals surface area contributed by atoms with Crippen LogP contribution in [0, 0.1) is 10.1 Å². The highest BCUT2D eigenvalue weighted by molar-refractivity contribution is 7.87. The average molecular weight is 463 g/mol. The number of carbonyl (C=O) groups excluding carboxylic acids is 1. The predicted molar refractivity (Wildman–Crippen MR) is 113 cm³/mol. The van der Waals surface area contributed by atoms with Gasteiger partial charge in [-0.25, -0.2) is 0 Å². The molecule has 0 bridgehead atoms. The van der Waals surface area contributed by atoms with Gasteiger partial charge in [-0.05, 0) is 48.5 Å². The molecule has 1 N–H and O–H groups in total. The Bertz CT molecular complexity index is 1240. The molecule has 11 heteroatoms. The van der Waals surface area contributed by atoms with Crippen molar-refractivity contribution in [3.63, 3.8) is 0 Å². The highest BCUT2D eigenvalue weighted by Gasteiger charge is 2.20. The van der Waals surface area contributed by atoms with Crippen LogP contribution in [-0.4, -0.2) is 26.4 Å². The van der Waals surface area contributed by atoms with Crippen LogP contribution in [0.15, 0.2) is 71.6 Å². The fourth-order valence-corrected chi connectivity index (χ4v) is 3.77. The number of nitro groups is 1. The quantitative estimate of drug-likeness (QED) is 0.315. The summed E-state index contributed by atoms with van der Waals surface area (Å²) in [6.45, 7) is 0. The number of benzene rings is 3. The third kappa shape index (κ3) is 5.30. The fraction of sp³-hybridized carbons (Fsp3) is 0.0500. The summed E-state index contributed by atoms with van der Waals surface area (Å²) in [5, 5.41) is 13.8. The van der Waals surface area contributed by atoms with Gasteiger partial charge in [0.25, 0.3) is 11.6 Å². The van der Waals surface area contributed by atoms with Gasteiger partial charge in [-0.2, -0.15) is 8.42 Å². The number of anilines is 1. The summed E-state index contributed by atoms with van der Waals surface area (Å²) in [5.74, 6) is -0.0454. The minimum absolute atomic E-state index is 0.0597. The van der Waals surface area contributed by atoms with E-state index in [0.29, 0.717) is 16.5 Å². The number of halogens is 1. The van der Waals surface area contributed by atoms with Gasteiger partial charge in [-0.15, -0.1) is 0 Å². The van der Waals surface area contributed by atoms with Crippen LogP contribution < -0.4 is 14.2 Å². The third-order valence-corrected chi connectivity index (χ3v) is 5.59. The van der Waals surface area contributed by atoms with Crippen LogP contribution in [0.5, 0.6) is 11.5 Å². The van der Waals surface area contributed by atoms with Gasteiger partial charge in [-0.3, -0.25) is 14.9 Å². The molecule has 0 atom stereocenters. The molecule has 31 heavy (non-hydrogen) atoms. The predicted octanol–water partition coefficient (Wildman–Crippen LogP) is 4.28. The van der Waals surface area contributed by atoms with Crippen LogP contribution in [0.4, 0.5) is 11.4 Å². The van der Waals surface area contributed by atoms with Gasteiger partial charge in [0.05, 0.1) is 17.1 Å². The van der Waals surface area contributed by atoms with Gasteiger partial charge in [0.2, 0.25) is 0 Å². The van der Waals surface area contributed by atoms with Crippen molar-refractivity contribution in [3.8, 4) is 11.5 Å². The summed E-state index contributed by atoms with van der Waals surface area (Å²) in [5.41, 5.74) is 0.312. The Balaban J connectivity index is 1.72. The second kappa shape index (κ2) is 9.02. The van der Waals surface area contributed by atoms with Crippen LogP contribution in [0.3, 0.4) is 0 Å². The second-order valence-corrected chi connectivity index (χ2v) is 8.07. The lowest BCUT2D eigenvalue weighted by Gasteiger charge is -2.09. The van der Waals surface area contributed by atoms with Crippen molar-refractivity contribution < 1.29 is 27.1 Å². The van der Waals surface area contributed by atoms with Crippen LogP contribution >= 0.6 is 11.6 Å². The number of non-ortho nitro benzene ring substituents is 1. The Hall–Kier alpha value is -3.63. The van der Waals surface area contributed by atoms with E-state index in [1.165, 1.54) is 55.6 Å². The zero-order chi connectivity index (χ0) is 22.6. The van der Waals surface area contributed by atoms with Crippen molar-refractivity contribution in [2.75, 3.05) is 12.4 Å². The van der Waals surface area contributed by atoms with Crippen molar-refractivity contribution in [2.45, 2.75) is 4.90 Å². The maximum atomic E-state index is 12.4.